The maximum atomic E-state index is 12.7. The average Bonchev–Trinajstić information content (AvgIpc) is 3.01. The minimum atomic E-state index is -0.565. The molecule has 2 rings (SSSR count). The van der Waals surface area contributed by atoms with Gasteiger partial charge >= 0.3 is 12.1 Å². The highest BCUT2D eigenvalue weighted by Crippen LogP contribution is 2.41. The number of hydrogen-bond acceptors (Lipinski definition) is 4. The van der Waals surface area contributed by atoms with Crippen molar-refractivity contribution in [2.45, 2.75) is 84.5 Å². The molecular formula is C18H31NO4. The van der Waals surface area contributed by atoms with Gasteiger partial charge in [0.2, 0.25) is 0 Å². The molecule has 1 saturated carbocycles. The molecule has 1 saturated heterocycles. The largest absolute Gasteiger partial charge is 0.458 e. The van der Waals surface area contributed by atoms with E-state index in [1.807, 2.05) is 41.5 Å². The standard InChI is InChI=1S/C18H31NO4/c1-17(2,3)22-15(20)14-13(11-12-7-8-12)9-10-19(14)16(21)23-18(4,5)6/h12-14H,7-11H2,1-6H3/t13-,14-/m0/s1. The van der Waals surface area contributed by atoms with Gasteiger partial charge in [-0.2, -0.15) is 0 Å². The molecule has 132 valence electrons. The van der Waals surface area contributed by atoms with Crippen LogP contribution >= 0.6 is 0 Å². The highest BCUT2D eigenvalue weighted by Gasteiger charge is 2.46. The first-order valence-electron chi connectivity index (χ1n) is 8.69. The molecular weight excluding hydrogens is 294 g/mol. The molecule has 2 atom stereocenters. The number of likely N-dealkylation sites (tertiary alicyclic amines) is 1. The third kappa shape index (κ3) is 5.40. The Kier molecular flexibility index (Phi) is 4.97. The summed E-state index contributed by atoms with van der Waals surface area (Å²) >= 11 is 0. The summed E-state index contributed by atoms with van der Waals surface area (Å²) in [4.78, 5) is 26.7. The average molecular weight is 325 g/mol. The maximum Gasteiger partial charge on any atom is 0.411 e. The molecule has 1 amide bonds. The van der Waals surface area contributed by atoms with E-state index in [2.05, 4.69) is 0 Å². The fraction of sp³-hybridized carbons (Fsp3) is 0.889. The number of hydrogen-bond donors (Lipinski definition) is 0. The molecule has 0 aromatic rings. The van der Waals surface area contributed by atoms with Gasteiger partial charge in [0.15, 0.2) is 0 Å². The van der Waals surface area contributed by atoms with Crippen molar-refractivity contribution in [1.29, 1.82) is 0 Å². The quantitative estimate of drug-likeness (QED) is 0.742. The van der Waals surface area contributed by atoms with E-state index in [9.17, 15) is 9.59 Å². The lowest BCUT2D eigenvalue weighted by Gasteiger charge is -2.31. The molecule has 2 aliphatic rings. The van der Waals surface area contributed by atoms with Gasteiger partial charge in [-0.05, 0) is 66.2 Å². The lowest BCUT2D eigenvalue weighted by Crippen LogP contribution is -2.47. The summed E-state index contributed by atoms with van der Waals surface area (Å²) in [6.07, 6.45) is 3.92. The number of amides is 1. The van der Waals surface area contributed by atoms with Crippen molar-refractivity contribution in [2.75, 3.05) is 6.54 Å². The zero-order valence-electron chi connectivity index (χ0n) is 15.3. The van der Waals surface area contributed by atoms with Crippen molar-refractivity contribution in [2.24, 2.45) is 11.8 Å². The summed E-state index contributed by atoms with van der Waals surface area (Å²) in [5.41, 5.74) is -1.12. The maximum absolute atomic E-state index is 12.7. The molecule has 1 aliphatic heterocycles. The van der Waals surface area contributed by atoms with Gasteiger partial charge in [0.1, 0.15) is 17.2 Å². The first kappa shape index (κ1) is 18.1. The molecule has 0 spiro atoms. The minimum Gasteiger partial charge on any atom is -0.458 e. The lowest BCUT2D eigenvalue weighted by atomic mass is 9.94. The van der Waals surface area contributed by atoms with E-state index in [0.717, 1.165) is 12.8 Å². The van der Waals surface area contributed by atoms with E-state index in [4.69, 9.17) is 9.47 Å². The summed E-state index contributed by atoms with van der Waals surface area (Å²) in [5.74, 6) is 0.597. The van der Waals surface area contributed by atoms with Gasteiger partial charge in [0, 0.05) is 6.54 Å². The van der Waals surface area contributed by atoms with E-state index in [0.29, 0.717) is 12.5 Å². The van der Waals surface area contributed by atoms with Crippen LogP contribution in [0, 0.1) is 11.8 Å². The van der Waals surface area contributed by atoms with Crippen molar-refractivity contribution in [3.63, 3.8) is 0 Å². The molecule has 0 bridgehead atoms. The molecule has 5 nitrogen and oxygen atoms in total. The molecule has 2 fully saturated rings. The number of esters is 1. The van der Waals surface area contributed by atoms with Crippen LogP contribution in [0.2, 0.25) is 0 Å². The van der Waals surface area contributed by atoms with E-state index < -0.39 is 23.3 Å². The van der Waals surface area contributed by atoms with Crippen LogP contribution in [0.5, 0.6) is 0 Å². The van der Waals surface area contributed by atoms with Crippen LogP contribution in [0.4, 0.5) is 4.79 Å². The molecule has 1 heterocycles. The fourth-order valence-electron chi connectivity index (χ4n) is 3.09. The summed E-state index contributed by atoms with van der Waals surface area (Å²) in [5, 5.41) is 0. The molecule has 0 unspecified atom stereocenters. The van der Waals surface area contributed by atoms with Gasteiger partial charge < -0.3 is 9.47 Å². The minimum absolute atomic E-state index is 0.185. The predicted molar refractivity (Wildman–Crippen MR) is 88.0 cm³/mol. The first-order chi connectivity index (χ1) is 10.5. The number of ether oxygens (including phenoxy) is 2. The molecule has 1 aliphatic carbocycles. The van der Waals surface area contributed by atoms with Gasteiger partial charge in [-0.1, -0.05) is 12.8 Å². The lowest BCUT2D eigenvalue weighted by molar-refractivity contribution is -0.161. The Balaban J connectivity index is 2.12. The summed E-state index contributed by atoms with van der Waals surface area (Å²) in [7, 11) is 0. The molecule has 0 aromatic heterocycles. The Morgan fingerprint density at radius 3 is 2.00 bits per heavy atom. The van der Waals surface area contributed by atoms with Crippen LogP contribution in [-0.4, -0.2) is 40.8 Å². The van der Waals surface area contributed by atoms with Crippen molar-refractivity contribution >= 4 is 12.1 Å². The Morgan fingerprint density at radius 1 is 0.957 bits per heavy atom. The third-order valence-electron chi connectivity index (χ3n) is 4.13. The zero-order chi connectivity index (χ0) is 17.4. The molecule has 0 N–H and O–H groups in total. The molecule has 5 heteroatoms. The van der Waals surface area contributed by atoms with Crippen molar-refractivity contribution in [1.82, 2.24) is 4.90 Å². The Hall–Kier alpha value is -1.26. The summed E-state index contributed by atoms with van der Waals surface area (Å²) in [6.45, 7) is 11.6. The normalized spacial score (nSPS) is 25.4. The van der Waals surface area contributed by atoms with Gasteiger partial charge in [-0.15, -0.1) is 0 Å². The van der Waals surface area contributed by atoms with Crippen molar-refractivity contribution in [3.8, 4) is 0 Å². The van der Waals surface area contributed by atoms with Crippen LogP contribution in [0.15, 0.2) is 0 Å². The van der Waals surface area contributed by atoms with Crippen LogP contribution < -0.4 is 0 Å². The van der Waals surface area contributed by atoms with Crippen LogP contribution in [0.3, 0.4) is 0 Å². The highest BCUT2D eigenvalue weighted by molar-refractivity contribution is 5.83. The second kappa shape index (κ2) is 6.33. The monoisotopic (exact) mass is 325 g/mol. The van der Waals surface area contributed by atoms with E-state index in [-0.39, 0.29) is 11.9 Å². The van der Waals surface area contributed by atoms with Crippen LogP contribution in [0.1, 0.15) is 67.2 Å². The number of carbonyl (C=O) groups is 2. The molecule has 23 heavy (non-hydrogen) atoms. The fourth-order valence-corrected chi connectivity index (χ4v) is 3.09. The Labute approximate surface area is 139 Å². The number of rotatable bonds is 3. The van der Waals surface area contributed by atoms with E-state index >= 15 is 0 Å². The number of carbonyl (C=O) groups excluding carboxylic acids is 2. The summed E-state index contributed by atoms with van der Waals surface area (Å²) in [6, 6.07) is -0.510. The zero-order valence-corrected chi connectivity index (χ0v) is 15.3. The Morgan fingerprint density at radius 2 is 1.52 bits per heavy atom. The smallest absolute Gasteiger partial charge is 0.411 e. The predicted octanol–water partition coefficient (Wildman–Crippen LogP) is 3.75. The van der Waals surface area contributed by atoms with Gasteiger partial charge in [0.25, 0.3) is 0 Å². The van der Waals surface area contributed by atoms with E-state index in [1.165, 1.54) is 12.8 Å². The van der Waals surface area contributed by atoms with Crippen LogP contribution in [-0.2, 0) is 14.3 Å². The van der Waals surface area contributed by atoms with Gasteiger partial charge in [-0.3, -0.25) is 4.90 Å². The summed E-state index contributed by atoms with van der Waals surface area (Å²) < 4.78 is 11.1. The highest BCUT2D eigenvalue weighted by atomic mass is 16.6. The van der Waals surface area contributed by atoms with Crippen LogP contribution in [0.25, 0.3) is 0 Å². The second-order valence-corrected chi connectivity index (χ2v) is 8.88. The SMILES string of the molecule is CC(C)(C)OC(=O)[C@@H]1[C@H](CC2CC2)CCN1C(=O)OC(C)(C)C. The first-order valence-corrected chi connectivity index (χ1v) is 8.69. The second-order valence-electron chi connectivity index (χ2n) is 8.88. The van der Waals surface area contributed by atoms with E-state index in [1.54, 1.807) is 4.90 Å². The molecule has 0 aromatic carbocycles. The molecule has 0 radical (unpaired) electrons. The number of nitrogens with zero attached hydrogens (tertiary/aromatic N) is 1. The third-order valence-corrected chi connectivity index (χ3v) is 4.13. The Bertz CT molecular complexity index is 457. The topological polar surface area (TPSA) is 55.8 Å². The van der Waals surface area contributed by atoms with Crippen molar-refractivity contribution < 1.29 is 19.1 Å². The van der Waals surface area contributed by atoms with Gasteiger partial charge in [0.05, 0.1) is 0 Å². The van der Waals surface area contributed by atoms with Crippen molar-refractivity contribution in [3.05, 3.63) is 0 Å². The van der Waals surface area contributed by atoms with Gasteiger partial charge in [-0.25, -0.2) is 9.59 Å².